The van der Waals surface area contributed by atoms with E-state index >= 15 is 0 Å². The van der Waals surface area contributed by atoms with Crippen molar-refractivity contribution in [3.8, 4) is 0 Å². The molecule has 0 radical (unpaired) electrons. The second kappa shape index (κ2) is 22.5. The van der Waals surface area contributed by atoms with Gasteiger partial charge in [-0.05, 0) is 109 Å². The van der Waals surface area contributed by atoms with Gasteiger partial charge in [-0.25, -0.2) is 26.4 Å². The molecular formula is C48H56ClF3N6O8S3. The van der Waals surface area contributed by atoms with Crippen LogP contribution in [0.15, 0.2) is 117 Å². The minimum Gasteiger partial charge on any atom is -0.465 e. The van der Waals surface area contributed by atoms with E-state index < -0.39 is 58.9 Å². The molecular weight excluding hydrogens is 977 g/mol. The second-order valence-electron chi connectivity index (χ2n) is 17.8. The topological polar surface area (TPSA) is 178 Å². The lowest BCUT2D eigenvalue weighted by atomic mass is 9.71. The lowest BCUT2D eigenvalue weighted by Crippen LogP contribution is -2.47. The van der Waals surface area contributed by atoms with Crippen LogP contribution in [0.3, 0.4) is 0 Å². The molecule has 0 spiro atoms. The van der Waals surface area contributed by atoms with Crippen molar-refractivity contribution in [2.75, 3.05) is 88.1 Å². The number of carboxylic acid groups (broad SMARTS) is 1. The Bertz CT molecular complexity index is 2690. The van der Waals surface area contributed by atoms with E-state index in [9.17, 15) is 44.7 Å². The highest BCUT2D eigenvalue weighted by atomic mass is 35.5. The number of morpholine rings is 1. The van der Waals surface area contributed by atoms with Crippen molar-refractivity contribution < 1.29 is 49.4 Å². The van der Waals surface area contributed by atoms with E-state index in [1.165, 1.54) is 35.0 Å². The Kier molecular flexibility index (Phi) is 17.0. The number of hydrogen-bond donors (Lipinski definition) is 4. The third-order valence-corrected chi connectivity index (χ3v) is 17.0. The average Bonchev–Trinajstić information content (AvgIpc) is 3.32. The zero-order valence-electron chi connectivity index (χ0n) is 38.0. The fourth-order valence-electron chi connectivity index (χ4n) is 8.83. The van der Waals surface area contributed by atoms with Crippen LogP contribution in [0, 0.1) is 5.41 Å². The number of hydrogen-bond acceptors (Lipinski definition) is 12. The van der Waals surface area contributed by atoms with E-state index in [2.05, 4.69) is 32.3 Å². The summed E-state index contributed by atoms with van der Waals surface area (Å²) in [6, 6.07) is 25.2. The van der Waals surface area contributed by atoms with Gasteiger partial charge >= 0.3 is 11.6 Å². The van der Waals surface area contributed by atoms with Gasteiger partial charge in [0.2, 0.25) is 0 Å². The molecule has 2 aliphatic heterocycles. The number of sulfonamides is 1. The third kappa shape index (κ3) is 13.7. The summed E-state index contributed by atoms with van der Waals surface area (Å²) < 4.78 is 103. The summed E-state index contributed by atoms with van der Waals surface area (Å²) >= 11 is 7.63. The minimum absolute atomic E-state index is 0.0409. The molecule has 0 unspecified atom stereocenters. The monoisotopic (exact) mass is 1030 g/mol. The predicted octanol–water partition coefficient (Wildman–Crippen LogP) is 8.08. The Morgan fingerprint density at radius 3 is 2.22 bits per heavy atom. The largest absolute Gasteiger partial charge is 0.501 e. The van der Waals surface area contributed by atoms with Gasteiger partial charge in [0.15, 0.2) is 0 Å². The lowest BCUT2D eigenvalue weighted by molar-refractivity contribution is -0.0436. The highest BCUT2D eigenvalue weighted by Crippen LogP contribution is 2.43. The Morgan fingerprint density at radius 1 is 0.884 bits per heavy atom. The number of halogens is 4. The Labute approximate surface area is 410 Å². The maximum atomic E-state index is 14.2. The standard InChI is InChI=1S/C48H56ClF3N6O8S3/c1-47(33-53-46(60)61)19-17-42(34-7-11-37(49)12-8-34)36(30-47)31-57-21-23-58(24-22-57)39-13-9-35(10-14-39)45(59)55-69(64,65)41-15-16-43(44(29-41)68(62,63)48(50,51)52)54-38(18-20-56-25-27-66-28-26-56)32-67-40-5-3-2-4-6-40/h2-16,29,38,53-54H,17-28,30-33H2,1H3,(H,55,59)(H,60,61)/t38-,47-/m1/s1. The lowest BCUT2D eigenvalue weighted by Gasteiger charge is -2.40. The molecule has 14 nitrogen and oxygen atoms in total. The van der Waals surface area contributed by atoms with Crippen molar-refractivity contribution in [2.45, 2.75) is 58.8 Å². The van der Waals surface area contributed by atoms with Crippen molar-refractivity contribution in [3.05, 3.63) is 119 Å². The van der Waals surface area contributed by atoms with Crippen LogP contribution in [-0.2, 0) is 24.6 Å². The van der Waals surface area contributed by atoms with Gasteiger partial charge in [-0.1, -0.05) is 54.4 Å². The van der Waals surface area contributed by atoms with Crippen LogP contribution in [-0.4, -0.2) is 133 Å². The first-order valence-electron chi connectivity index (χ1n) is 22.6. The van der Waals surface area contributed by atoms with Gasteiger partial charge in [0.1, 0.15) is 4.90 Å². The zero-order chi connectivity index (χ0) is 49.4. The summed E-state index contributed by atoms with van der Waals surface area (Å²) in [4.78, 5) is 30.2. The molecule has 2 fully saturated rings. The highest BCUT2D eigenvalue weighted by Gasteiger charge is 2.48. The highest BCUT2D eigenvalue weighted by molar-refractivity contribution is 7.99. The summed E-state index contributed by atoms with van der Waals surface area (Å²) in [6.07, 6.45) is 1.73. The Hall–Kier alpha value is -4.83. The Balaban J connectivity index is 1.01. The van der Waals surface area contributed by atoms with E-state index in [1.54, 1.807) is 12.1 Å². The number of sulfone groups is 1. The third-order valence-electron chi connectivity index (χ3n) is 12.7. The molecule has 372 valence electrons. The van der Waals surface area contributed by atoms with Crippen molar-refractivity contribution in [1.82, 2.24) is 19.8 Å². The number of piperazine rings is 1. The maximum absolute atomic E-state index is 14.2. The smallest absolute Gasteiger partial charge is 0.465 e. The number of rotatable bonds is 18. The van der Waals surface area contributed by atoms with E-state index in [0.29, 0.717) is 95.4 Å². The molecule has 4 aromatic carbocycles. The van der Waals surface area contributed by atoms with E-state index in [-0.39, 0.29) is 11.0 Å². The van der Waals surface area contributed by atoms with Crippen molar-refractivity contribution in [2.24, 2.45) is 5.41 Å². The van der Waals surface area contributed by atoms with E-state index in [0.717, 1.165) is 47.5 Å². The van der Waals surface area contributed by atoms with Crippen molar-refractivity contribution in [1.29, 1.82) is 0 Å². The van der Waals surface area contributed by atoms with Crippen LogP contribution in [0.1, 0.15) is 48.5 Å². The number of nitrogens with zero attached hydrogens (tertiary/aromatic N) is 3. The summed E-state index contributed by atoms with van der Waals surface area (Å²) in [5, 5.41) is 15.5. The van der Waals surface area contributed by atoms with E-state index in [1.807, 2.05) is 59.3 Å². The summed E-state index contributed by atoms with van der Waals surface area (Å²) in [5.74, 6) is -0.704. The quantitative estimate of drug-likeness (QED) is 0.0705. The first kappa shape index (κ1) is 52.0. The number of anilines is 2. The number of nitrogens with one attached hydrogen (secondary N) is 3. The first-order valence-corrected chi connectivity index (χ1v) is 26.9. The summed E-state index contributed by atoms with van der Waals surface area (Å²) in [6.45, 7) is 8.83. The molecule has 4 aromatic rings. The number of ether oxygens (including phenoxy) is 1. The number of thioether (sulfide) groups is 1. The fraction of sp³-hybridized carbons (Fsp3) is 0.417. The molecule has 4 N–H and O–H groups in total. The first-order chi connectivity index (χ1) is 32.8. The van der Waals surface area contributed by atoms with E-state index in [4.69, 9.17) is 16.3 Å². The van der Waals surface area contributed by atoms with Crippen LogP contribution < -0.4 is 20.3 Å². The molecule has 2 atom stereocenters. The molecule has 0 bridgehead atoms. The molecule has 21 heteroatoms. The van der Waals surface area contributed by atoms with Crippen molar-refractivity contribution in [3.63, 3.8) is 0 Å². The number of carbonyl (C=O) groups excluding carboxylic acids is 1. The van der Waals surface area contributed by atoms with Gasteiger partial charge in [0.25, 0.3) is 25.8 Å². The van der Waals surface area contributed by atoms with Crippen LogP contribution in [0.25, 0.3) is 5.57 Å². The van der Waals surface area contributed by atoms with Crippen molar-refractivity contribution >= 4 is 72.2 Å². The van der Waals surface area contributed by atoms with Crippen LogP contribution >= 0.6 is 23.4 Å². The van der Waals surface area contributed by atoms with Gasteiger partial charge in [-0.3, -0.25) is 14.6 Å². The Morgan fingerprint density at radius 2 is 1.57 bits per heavy atom. The summed E-state index contributed by atoms with van der Waals surface area (Å²) in [7, 11) is -11.0. The number of carbonyl (C=O) groups is 2. The molecule has 0 aromatic heterocycles. The zero-order valence-corrected chi connectivity index (χ0v) is 41.2. The molecule has 1 aliphatic carbocycles. The van der Waals surface area contributed by atoms with Gasteiger partial charge < -0.3 is 25.4 Å². The number of alkyl halides is 3. The molecule has 69 heavy (non-hydrogen) atoms. The SMILES string of the molecule is C[C@@]1(CNC(=O)O)CCC(c2ccc(Cl)cc2)=C(CN2CCN(c3ccc(C(=O)NS(=O)(=O)c4ccc(N[C@H](CCN5CCOCC5)CSc5ccccc5)c(S(=O)(=O)C(F)(F)F)c4)cc3)CC2)C1. The summed E-state index contributed by atoms with van der Waals surface area (Å²) in [5.41, 5.74) is -2.09. The second-order valence-corrected chi connectivity index (χ2v) is 22.9. The molecule has 0 saturated carbocycles. The average molecular weight is 1030 g/mol. The van der Waals surface area contributed by atoms with Gasteiger partial charge in [0, 0.05) is 91.9 Å². The van der Waals surface area contributed by atoms with Gasteiger partial charge in [-0.15, -0.1) is 11.8 Å². The fourth-order valence-corrected chi connectivity index (χ4v) is 12.0. The number of benzene rings is 4. The number of amides is 2. The van der Waals surface area contributed by atoms with Crippen LogP contribution in [0.4, 0.5) is 29.3 Å². The molecule has 2 amide bonds. The van der Waals surface area contributed by atoms with Crippen LogP contribution in [0.2, 0.25) is 5.02 Å². The molecule has 2 heterocycles. The molecule has 2 saturated heterocycles. The van der Waals surface area contributed by atoms with Crippen LogP contribution in [0.5, 0.6) is 0 Å². The minimum atomic E-state index is -6.08. The molecule has 3 aliphatic rings. The van der Waals surface area contributed by atoms with Gasteiger partial charge in [-0.2, -0.15) is 13.2 Å². The molecule has 7 rings (SSSR count). The predicted molar refractivity (Wildman–Crippen MR) is 262 cm³/mol. The van der Waals surface area contributed by atoms with Gasteiger partial charge in [0.05, 0.1) is 23.8 Å². The normalized spacial score (nSPS) is 19.2. The number of allylic oxidation sites excluding steroid dienone is 1. The maximum Gasteiger partial charge on any atom is 0.501 e.